The number of carbonyl (C=O) groups excluding carboxylic acids is 2. The molecule has 33 heavy (non-hydrogen) atoms. The van der Waals surface area contributed by atoms with Crippen LogP contribution in [0.15, 0.2) is 47.2 Å². The van der Waals surface area contributed by atoms with Crippen molar-refractivity contribution in [3.05, 3.63) is 68.0 Å². The molecule has 2 amide bonds. The van der Waals surface area contributed by atoms with Gasteiger partial charge >= 0.3 is 0 Å². The number of carbonyl (C=O) groups is 2. The van der Waals surface area contributed by atoms with E-state index in [0.29, 0.717) is 35.9 Å². The van der Waals surface area contributed by atoms with E-state index in [1.807, 2.05) is 46.0 Å². The zero-order valence-electron chi connectivity index (χ0n) is 18.7. The van der Waals surface area contributed by atoms with Crippen molar-refractivity contribution in [2.24, 2.45) is 0 Å². The van der Waals surface area contributed by atoms with E-state index in [9.17, 15) is 9.59 Å². The number of methoxy groups -OCH3 is 2. The van der Waals surface area contributed by atoms with Gasteiger partial charge in [0.05, 0.1) is 25.1 Å². The van der Waals surface area contributed by atoms with Gasteiger partial charge in [-0.05, 0) is 65.4 Å². The Morgan fingerprint density at radius 2 is 1.73 bits per heavy atom. The van der Waals surface area contributed by atoms with Crippen LogP contribution >= 0.6 is 22.7 Å². The fourth-order valence-electron chi connectivity index (χ4n) is 4.94. The lowest BCUT2D eigenvalue weighted by Gasteiger charge is -2.40. The van der Waals surface area contributed by atoms with Gasteiger partial charge in [-0.25, -0.2) is 0 Å². The lowest BCUT2D eigenvalue weighted by atomic mass is 9.90. The number of benzene rings is 1. The minimum absolute atomic E-state index is 0.0243. The summed E-state index contributed by atoms with van der Waals surface area (Å²) in [6, 6.07) is 11.2. The zero-order valence-corrected chi connectivity index (χ0v) is 20.3. The normalized spacial score (nSPS) is 19.9. The molecule has 2 aromatic heterocycles. The average Bonchev–Trinajstić information content (AvgIpc) is 3.64. The largest absolute Gasteiger partial charge is 0.493 e. The molecule has 0 aliphatic carbocycles. The Hall–Kier alpha value is -2.84. The highest BCUT2D eigenvalue weighted by molar-refractivity contribution is 7.12. The Kier molecular flexibility index (Phi) is 6.12. The Bertz CT molecular complexity index is 1140. The van der Waals surface area contributed by atoms with Crippen molar-refractivity contribution in [1.82, 2.24) is 9.80 Å². The van der Waals surface area contributed by atoms with Gasteiger partial charge in [0.25, 0.3) is 5.91 Å². The van der Waals surface area contributed by atoms with Gasteiger partial charge in [-0.2, -0.15) is 0 Å². The van der Waals surface area contributed by atoms with Crippen LogP contribution in [0.3, 0.4) is 0 Å². The molecule has 1 aromatic carbocycles. The van der Waals surface area contributed by atoms with E-state index in [1.54, 1.807) is 30.5 Å². The van der Waals surface area contributed by atoms with Crippen LogP contribution < -0.4 is 9.47 Å². The van der Waals surface area contributed by atoms with Gasteiger partial charge in [-0.15, -0.1) is 22.7 Å². The molecule has 0 unspecified atom stereocenters. The van der Waals surface area contributed by atoms with Crippen LogP contribution in [0.4, 0.5) is 0 Å². The maximum absolute atomic E-state index is 14.0. The number of thiophene rings is 2. The van der Waals surface area contributed by atoms with Gasteiger partial charge in [0, 0.05) is 18.0 Å². The summed E-state index contributed by atoms with van der Waals surface area (Å²) in [6.07, 6.45) is 2.27. The minimum atomic E-state index is -0.427. The third-order valence-electron chi connectivity index (χ3n) is 6.50. The number of hydrogen-bond donors (Lipinski definition) is 0. The molecule has 0 bridgehead atoms. The number of fused-ring (bicyclic) bond motifs is 1. The van der Waals surface area contributed by atoms with E-state index < -0.39 is 6.04 Å². The van der Waals surface area contributed by atoms with Crippen LogP contribution in [0.5, 0.6) is 11.5 Å². The predicted octanol–water partition coefficient (Wildman–Crippen LogP) is 4.61. The molecule has 0 spiro atoms. The number of amides is 2. The van der Waals surface area contributed by atoms with Crippen LogP contribution in [0.1, 0.15) is 44.6 Å². The molecular weight excluding hydrogens is 456 g/mol. The van der Waals surface area contributed by atoms with Gasteiger partial charge in [-0.3, -0.25) is 9.59 Å². The van der Waals surface area contributed by atoms with E-state index >= 15 is 0 Å². The fraction of sp³-hybridized carbons (Fsp3) is 0.360. The molecule has 5 rings (SSSR count). The van der Waals surface area contributed by atoms with Crippen molar-refractivity contribution in [3.8, 4) is 11.5 Å². The number of hydrogen-bond acceptors (Lipinski definition) is 6. The summed E-state index contributed by atoms with van der Waals surface area (Å²) in [6.45, 7) is 1.22. The Labute approximate surface area is 201 Å². The first-order valence-corrected chi connectivity index (χ1v) is 12.8. The lowest BCUT2D eigenvalue weighted by Crippen LogP contribution is -2.50. The summed E-state index contributed by atoms with van der Waals surface area (Å²) in [7, 11) is 3.27. The van der Waals surface area contributed by atoms with Gasteiger partial charge in [0.15, 0.2) is 11.5 Å². The van der Waals surface area contributed by atoms with Gasteiger partial charge in [0.2, 0.25) is 5.91 Å². The number of nitrogens with zero attached hydrogens (tertiary/aromatic N) is 2. The van der Waals surface area contributed by atoms with Crippen LogP contribution in [0, 0.1) is 0 Å². The van der Waals surface area contributed by atoms with Crippen LogP contribution in [0.2, 0.25) is 0 Å². The molecule has 0 radical (unpaired) electrons. The SMILES string of the molecule is COc1cc2c(cc1OC)[C@@H](c1cccs1)N(C(=O)[C@H]1CCCN1C(=O)c1cccs1)CC2. The van der Waals surface area contributed by atoms with Gasteiger partial charge in [0.1, 0.15) is 6.04 Å². The maximum atomic E-state index is 14.0. The predicted molar refractivity (Wildman–Crippen MR) is 130 cm³/mol. The van der Waals surface area contributed by atoms with Crippen molar-refractivity contribution in [2.45, 2.75) is 31.3 Å². The van der Waals surface area contributed by atoms with Crippen molar-refractivity contribution in [3.63, 3.8) is 0 Å². The summed E-state index contributed by atoms with van der Waals surface area (Å²) in [5.41, 5.74) is 2.22. The zero-order chi connectivity index (χ0) is 22.9. The molecule has 0 saturated carbocycles. The second-order valence-electron chi connectivity index (χ2n) is 8.24. The summed E-state index contributed by atoms with van der Waals surface area (Å²) < 4.78 is 11.1. The highest BCUT2D eigenvalue weighted by Crippen LogP contribution is 2.43. The summed E-state index contributed by atoms with van der Waals surface area (Å²) >= 11 is 3.06. The number of likely N-dealkylation sites (tertiary alicyclic amines) is 1. The summed E-state index contributed by atoms with van der Waals surface area (Å²) in [5.74, 6) is 1.33. The molecule has 1 saturated heterocycles. The third kappa shape index (κ3) is 3.91. The topological polar surface area (TPSA) is 59.1 Å². The molecule has 2 atom stereocenters. The second-order valence-corrected chi connectivity index (χ2v) is 10.2. The lowest BCUT2D eigenvalue weighted by molar-refractivity contribution is -0.137. The Morgan fingerprint density at radius 3 is 2.42 bits per heavy atom. The quantitative estimate of drug-likeness (QED) is 0.533. The molecule has 4 heterocycles. The minimum Gasteiger partial charge on any atom is -0.493 e. The van der Waals surface area contributed by atoms with Gasteiger partial charge in [-0.1, -0.05) is 12.1 Å². The fourth-order valence-corrected chi connectivity index (χ4v) is 6.47. The van der Waals surface area contributed by atoms with Crippen molar-refractivity contribution >= 4 is 34.5 Å². The first-order chi connectivity index (χ1) is 16.1. The first kappa shape index (κ1) is 22.0. The van der Waals surface area contributed by atoms with E-state index in [2.05, 4.69) is 6.07 Å². The molecule has 1 fully saturated rings. The molecule has 8 heteroatoms. The van der Waals surface area contributed by atoms with E-state index in [1.165, 1.54) is 11.3 Å². The average molecular weight is 483 g/mol. The Morgan fingerprint density at radius 1 is 0.970 bits per heavy atom. The highest BCUT2D eigenvalue weighted by Gasteiger charge is 2.42. The van der Waals surface area contributed by atoms with Crippen LogP contribution in [-0.2, 0) is 11.2 Å². The summed E-state index contributed by atoms with van der Waals surface area (Å²) in [5, 5.41) is 3.94. The summed E-state index contributed by atoms with van der Waals surface area (Å²) in [4.78, 5) is 32.6. The number of rotatable bonds is 5. The van der Waals surface area contributed by atoms with Crippen molar-refractivity contribution in [2.75, 3.05) is 27.3 Å². The van der Waals surface area contributed by atoms with E-state index in [-0.39, 0.29) is 17.9 Å². The van der Waals surface area contributed by atoms with E-state index in [0.717, 1.165) is 28.8 Å². The molecule has 6 nitrogen and oxygen atoms in total. The number of ether oxygens (including phenoxy) is 2. The smallest absolute Gasteiger partial charge is 0.264 e. The molecule has 2 aliphatic heterocycles. The second kappa shape index (κ2) is 9.19. The van der Waals surface area contributed by atoms with Crippen LogP contribution in [-0.4, -0.2) is 55.0 Å². The molecule has 0 N–H and O–H groups in total. The van der Waals surface area contributed by atoms with Crippen molar-refractivity contribution in [1.29, 1.82) is 0 Å². The van der Waals surface area contributed by atoms with Gasteiger partial charge < -0.3 is 19.3 Å². The molecular formula is C25H26N2O4S2. The third-order valence-corrected chi connectivity index (χ3v) is 8.28. The first-order valence-electron chi connectivity index (χ1n) is 11.1. The van der Waals surface area contributed by atoms with Crippen molar-refractivity contribution < 1.29 is 19.1 Å². The highest BCUT2D eigenvalue weighted by atomic mass is 32.1. The van der Waals surface area contributed by atoms with E-state index in [4.69, 9.17) is 9.47 Å². The molecule has 3 aromatic rings. The van der Waals surface area contributed by atoms with Crippen LogP contribution in [0.25, 0.3) is 0 Å². The molecule has 2 aliphatic rings. The Balaban J connectivity index is 1.51. The monoisotopic (exact) mass is 482 g/mol. The maximum Gasteiger partial charge on any atom is 0.264 e. The standard InChI is InChI=1S/C25H26N2O4S2/c1-30-19-14-16-9-11-27(23(21-7-4-12-32-21)17(16)15-20(19)31-2)24(28)18-6-3-10-26(18)25(29)22-8-5-13-33-22/h4-5,7-8,12-15,18,23H,3,6,9-11H2,1-2H3/t18-,23+/m1/s1. The molecule has 172 valence electrons.